The van der Waals surface area contributed by atoms with Crippen molar-refractivity contribution in [2.45, 2.75) is 58.0 Å². The zero-order chi connectivity index (χ0) is 13.0. The fraction of sp³-hybridized carbons (Fsp3) is 0.933. The normalized spacial score (nSPS) is 32.9. The van der Waals surface area contributed by atoms with Crippen LogP contribution in [-0.2, 0) is 0 Å². The standard InChI is InChI=1S/C15H27N3/c1-3-14-5-4-6-15(11-14)18-9-7-17(8-10-18)13(2)12-16/h13-15H,3-11H2,1-2H3. The first kappa shape index (κ1) is 13.8. The molecule has 1 saturated heterocycles. The van der Waals surface area contributed by atoms with Gasteiger partial charge in [0.2, 0.25) is 0 Å². The molecule has 3 heteroatoms. The zero-order valence-electron chi connectivity index (χ0n) is 11.9. The molecular weight excluding hydrogens is 222 g/mol. The molecule has 0 aromatic carbocycles. The van der Waals surface area contributed by atoms with E-state index in [-0.39, 0.29) is 6.04 Å². The van der Waals surface area contributed by atoms with Crippen LogP contribution in [0.4, 0.5) is 0 Å². The second-order valence-corrected chi connectivity index (χ2v) is 5.97. The van der Waals surface area contributed by atoms with E-state index in [9.17, 15) is 0 Å². The van der Waals surface area contributed by atoms with E-state index in [2.05, 4.69) is 22.8 Å². The van der Waals surface area contributed by atoms with Crippen LogP contribution < -0.4 is 0 Å². The molecule has 1 saturated carbocycles. The highest BCUT2D eigenvalue weighted by Gasteiger charge is 2.29. The van der Waals surface area contributed by atoms with Crippen LogP contribution in [0.15, 0.2) is 0 Å². The number of hydrogen-bond donors (Lipinski definition) is 0. The summed E-state index contributed by atoms with van der Waals surface area (Å²) < 4.78 is 0. The minimum absolute atomic E-state index is 0.0851. The fourth-order valence-electron chi connectivity index (χ4n) is 3.54. The second kappa shape index (κ2) is 6.54. The predicted octanol–water partition coefficient (Wildman–Crippen LogP) is 2.48. The molecule has 2 aliphatic rings. The zero-order valence-corrected chi connectivity index (χ0v) is 11.9. The first-order valence-corrected chi connectivity index (χ1v) is 7.62. The first-order valence-electron chi connectivity index (χ1n) is 7.62. The molecule has 102 valence electrons. The summed E-state index contributed by atoms with van der Waals surface area (Å²) in [6.45, 7) is 8.81. The predicted molar refractivity (Wildman–Crippen MR) is 74.3 cm³/mol. The van der Waals surface area contributed by atoms with Crippen molar-refractivity contribution >= 4 is 0 Å². The van der Waals surface area contributed by atoms with Gasteiger partial charge in [-0.2, -0.15) is 5.26 Å². The molecule has 0 radical (unpaired) electrons. The van der Waals surface area contributed by atoms with E-state index < -0.39 is 0 Å². The van der Waals surface area contributed by atoms with Gasteiger partial charge in [0, 0.05) is 32.2 Å². The van der Waals surface area contributed by atoms with Crippen molar-refractivity contribution < 1.29 is 0 Å². The molecule has 3 unspecified atom stereocenters. The van der Waals surface area contributed by atoms with E-state index in [1.807, 2.05) is 6.92 Å². The average molecular weight is 249 g/mol. The van der Waals surface area contributed by atoms with E-state index in [1.54, 1.807) is 0 Å². The van der Waals surface area contributed by atoms with Gasteiger partial charge in [0.15, 0.2) is 0 Å². The average Bonchev–Trinajstić information content (AvgIpc) is 2.46. The number of rotatable bonds is 3. The Hall–Kier alpha value is -0.590. The summed E-state index contributed by atoms with van der Waals surface area (Å²) in [6, 6.07) is 3.26. The highest BCUT2D eigenvalue weighted by atomic mass is 15.3. The Morgan fingerprint density at radius 1 is 1.22 bits per heavy atom. The van der Waals surface area contributed by atoms with E-state index in [1.165, 1.54) is 32.1 Å². The first-order chi connectivity index (χ1) is 8.74. The molecule has 0 aromatic rings. The van der Waals surface area contributed by atoms with Crippen LogP contribution in [0.2, 0.25) is 0 Å². The second-order valence-electron chi connectivity index (χ2n) is 5.97. The number of nitrogens with zero attached hydrogens (tertiary/aromatic N) is 3. The molecule has 2 fully saturated rings. The third-order valence-corrected chi connectivity index (χ3v) is 4.93. The molecule has 0 spiro atoms. The van der Waals surface area contributed by atoms with Crippen molar-refractivity contribution in [3.63, 3.8) is 0 Å². The smallest absolute Gasteiger partial charge is 0.0950 e. The Labute approximate surface area is 112 Å². The molecular formula is C15H27N3. The number of piperazine rings is 1. The van der Waals surface area contributed by atoms with Crippen LogP contribution in [-0.4, -0.2) is 48.1 Å². The van der Waals surface area contributed by atoms with Crippen molar-refractivity contribution in [2.24, 2.45) is 5.92 Å². The van der Waals surface area contributed by atoms with Crippen molar-refractivity contribution in [3.05, 3.63) is 0 Å². The molecule has 1 aliphatic heterocycles. The Kier molecular flexibility index (Phi) is 5.03. The maximum Gasteiger partial charge on any atom is 0.0950 e. The van der Waals surface area contributed by atoms with Gasteiger partial charge in [-0.15, -0.1) is 0 Å². The summed E-state index contributed by atoms with van der Waals surface area (Å²) in [7, 11) is 0. The molecule has 18 heavy (non-hydrogen) atoms. The minimum atomic E-state index is 0.0851. The van der Waals surface area contributed by atoms with Crippen molar-refractivity contribution in [2.75, 3.05) is 26.2 Å². The van der Waals surface area contributed by atoms with Gasteiger partial charge in [-0.25, -0.2) is 0 Å². The Balaban J connectivity index is 1.80. The van der Waals surface area contributed by atoms with Crippen LogP contribution in [0.1, 0.15) is 46.0 Å². The van der Waals surface area contributed by atoms with E-state index >= 15 is 0 Å². The van der Waals surface area contributed by atoms with E-state index in [0.717, 1.165) is 38.1 Å². The number of hydrogen-bond acceptors (Lipinski definition) is 3. The van der Waals surface area contributed by atoms with Crippen LogP contribution in [0.5, 0.6) is 0 Å². The maximum atomic E-state index is 8.96. The van der Waals surface area contributed by atoms with E-state index in [0.29, 0.717) is 0 Å². The van der Waals surface area contributed by atoms with Gasteiger partial charge in [0.25, 0.3) is 0 Å². The molecule has 0 bridgehead atoms. The van der Waals surface area contributed by atoms with Gasteiger partial charge in [-0.3, -0.25) is 9.80 Å². The van der Waals surface area contributed by atoms with Gasteiger partial charge in [0.1, 0.15) is 0 Å². The van der Waals surface area contributed by atoms with Crippen LogP contribution in [0.25, 0.3) is 0 Å². The molecule has 1 heterocycles. The molecule has 1 aliphatic carbocycles. The van der Waals surface area contributed by atoms with Gasteiger partial charge in [-0.1, -0.05) is 26.2 Å². The molecule has 3 nitrogen and oxygen atoms in total. The highest BCUT2D eigenvalue weighted by Crippen LogP contribution is 2.30. The Bertz CT molecular complexity index is 289. The molecule has 0 amide bonds. The van der Waals surface area contributed by atoms with E-state index in [4.69, 9.17) is 5.26 Å². The summed E-state index contributed by atoms with van der Waals surface area (Å²) in [5.41, 5.74) is 0. The summed E-state index contributed by atoms with van der Waals surface area (Å²) in [6.07, 6.45) is 7.01. The van der Waals surface area contributed by atoms with Crippen LogP contribution in [0.3, 0.4) is 0 Å². The lowest BCUT2D eigenvalue weighted by Crippen LogP contribution is -2.53. The molecule has 0 aromatic heterocycles. The van der Waals surface area contributed by atoms with Crippen LogP contribution >= 0.6 is 0 Å². The highest BCUT2D eigenvalue weighted by molar-refractivity contribution is 4.91. The topological polar surface area (TPSA) is 30.3 Å². The number of nitriles is 1. The summed E-state index contributed by atoms with van der Waals surface area (Å²) in [5.74, 6) is 0.958. The summed E-state index contributed by atoms with van der Waals surface area (Å²) >= 11 is 0. The third kappa shape index (κ3) is 3.24. The summed E-state index contributed by atoms with van der Waals surface area (Å²) in [5, 5.41) is 8.96. The molecule has 3 atom stereocenters. The van der Waals surface area contributed by atoms with Gasteiger partial charge in [-0.05, 0) is 25.7 Å². The minimum Gasteiger partial charge on any atom is -0.298 e. The lowest BCUT2D eigenvalue weighted by molar-refractivity contribution is 0.0594. The monoisotopic (exact) mass is 249 g/mol. The Morgan fingerprint density at radius 3 is 2.56 bits per heavy atom. The van der Waals surface area contributed by atoms with Gasteiger partial charge >= 0.3 is 0 Å². The molecule has 0 N–H and O–H groups in total. The van der Waals surface area contributed by atoms with Gasteiger partial charge in [0.05, 0.1) is 12.1 Å². The maximum absolute atomic E-state index is 8.96. The lowest BCUT2D eigenvalue weighted by Gasteiger charge is -2.43. The SMILES string of the molecule is CCC1CCCC(N2CCN(C(C)C#N)CC2)C1. The van der Waals surface area contributed by atoms with Crippen molar-refractivity contribution in [1.82, 2.24) is 9.80 Å². The van der Waals surface area contributed by atoms with Crippen molar-refractivity contribution in [1.29, 1.82) is 5.26 Å². The van der Waals surface area contributed by atoms with Crippen LogP contribution in [0, 0.1) is 17.2 Å². The lowest BCUT2D eigenvalue weighted by atomic mass is 9.83. The fourth-order valence-corrected chi connectivity index (χ4v) is 3.54. The Morgan fingerprint density at radius 2 is 1.94 bits per heavy atom. The molecule has 2 rings (SSSR count). The van der Waals surface area contributed by atoms with Crippen molar-refractivity contribution in [3.8, 4) is 6.07 Å². The quantitative estimate of drug-likeness (QED) is 0.770. The largest absolute Gasteiger partial charge is 0.298 e. The van der Waals surface area contributed by atoms with Gasteiger partial charge < -0.3 is 0 Å². The third-order valence-electron chi connectivity index (χ3n) is 4.93. The summed E-state index contributed by atoms with van der Waals surface area (Å²) in [4.78, 5) is 5.00.